The molecule has 0 heterocycles. The molecule has 0 saturated heterocycles. The summed E-state index contributed by atoms with van der Waals surface area (Å²) >= 11 is 3.25. The number of amides is 1. The first kappa shape index (κ1) is 14.5. The van der Waals surface area contributed by atoms with Crippen LogP contribution in [-0.2, 0) is 9.53 Å². The van der Waals surface area contributed by atoms with Crippen LogP contribution in [-0.4, -0.2) is 24.5 Å². The fraction of sp³-hybridized carbons (Fsp3) is 0.333. The Bertz CT molecular complexity index is 463. The lowest BCUT2D eigenvalue weighted by atomic mass is 10.1. The summed E-state index contributed by atoms with van der Waals surface area (Å²) in [5, 5.41) is 2.53. The lowest BCUT2D eigenvalue weighted by Gasteiger charge is -2.13. The van der Waals surface area contributed by atoms with Gasteiger partial charge in [0.2, 0.25) is 0 Å². The van der Waals surface area contributed by atoms with Crippen molar-refractivity contribution < 1.29 is 14.3 Å². The van der Waals surface area contributed by atoms with Crippen molar-refractivity contribution in [1.29, 1.82) is 0 Å². The molecule has 6 heteroatoms. The molecule has 0 saturated carbocycles. The number of nitrogens with one attached hydrogen (secondary N) is 1. The molecule has 1 unspecified atom stereocenters. The lowest BCUT2D eigenvalue weighted by Crippen LogP contribution is -2.39. The van der Waals surface area contributed by atoms with Gasteiger partial charge in [0.25, 0.3) is 5.91 Å². The van der Waals surface area contributed by atoms with E-state index in [2.05, 4.69) is 21.2 Å². The maximum absolute atomic E-state index is 11.9. The summed E-state index contributed by atoms with van der Waals surface area (Å²) < 4.78 is 5.58. The third-order valence-electron chi connectivity index (χ3n) is 2.25. The number of esters is 1. The van der Waals surface area contributed by atoms with E-state index in [9.17, 15) is 9.59 Å². The van der Waals surface area contributed by atoms with Gasteiger partial charge in [-0.3, -0.25) is 4.79 Å². The van der Waals surface area contributed by atoms with Gasteiger partial charge in [-0.1, -0.05) is 15.9 Å². The second-order valence-corrected chi connectivity index (χ2v) is 4.59. The molecule has 1 rings (SSSR count). The molecule has 1 amide bonds. The van der Waals surface area contributed by atoms with Gasteiger partial charge in [0.1, 0.15) is 6.04 Å². The molecule has 0 aliphatic rings. The van der Waals surface area contributed by atoms with Crippen LogP contribution in [0, 0.1) is 0 Å². The smallest absolute Gasteiger partial charge is 0.328 e. The maximum Gasteiger partial charge on any atom is 0.328 e. The summed E-state index contributed by atoms with van der Waals surface area (Å²) in [6.07, 6.45) is 0. The van der Waals surface area contributed by atoms with Gasteiger partial charge in [-0.25, -0.2) is 4.79 Å². The summed E-state index contributed by atoms with van der Waals surface area (Å²) in [5.74, 6) is -0.873. The highest BCUT2D eigenvalue weighted by molar-refractivity contribution is 9.10. The molecule has 5 nitrogen and oxygen atoms in total. The van der Waals surface area contributed by atoms with Crippen molar-refractivity contribution in [3.63, 3.8) is 0 Å². The Morgan fingerprint density at radius 1 is 1.50 bits per heavy atom. The molecule has 0 radical (unpaired) electrons. The molecular weight excluding hydrogens is 300 g/mol. The molecule has 0 aliphatic carbocycles. The number of carbonyl (C=O) groups excluding carboxylic acids is 2. The molecule has 0 spiro atoms. The highest BCUT2D eigenvalue weighted by Crippen LogP contribution is 2.18. The zero-order valence-electron chi connectivity index (χ0n) is 10.2. The second-order valence-electron chi connectivity index (χ2n) is 3.68. The molecule has 1 aromatic carbocycles. The summed E-state index contributed by atoms with van der Waals surface area (Å²) in [5.41, 5.74) is 6.40. The maximum atomic E-state index is 11.9. The number of ether oxygens (including phenoxy) is 1. The number of hydrogen-bond donors (Lipinski definition) is 2. The average molecular weight is 315 g/mol. The predicted molar refractivity (Wildman–Crippen MR) is 72.1 cm³/mol. The third kappa shape index (κ3) is 3.73. The van der Waals surface area contributed by atoms with E-state index in [0.29, 0.717) is 11.3 Å². The fourth-order valence-electron chi connectivity index (χ4n) is 1.34. The van der Waals surface area contributed by atoms with Crippen LogP contribution in [0.2, 0.25) is 0 Å². The van der Waals surface area contributed by atoms with Gasteiger partial charge >= 0.3 is 5.97 Å². The van der Waals surface area contributed by atoms with E-state index in [1.807, 2.05) is 0 Å². The first-order valence-corrected chi connectivity index (χ1v) is 6.27. The predicted octanol–water partition coefficient (Wildman–Crippen LogP) is 1.71. The van der Waals surface area contributed by atoms with Gasteiger partial charge in [-0.2, -0.15) is 0 Å². The topological polar surface area (TPSA) is 81.4 Å². The molecule has 18 heavy (non-hydrogen) atoms. The SMILES string of the molecule is CCOC(=O)C(C)NC(=O)c1ccc(Br)cc1N. The minimum atomic E-state index is -0.708. The van der Waals surface area contributed by atoms with Crippen LogP contribution in [0.15, 0.2) is 22.7 Å². The van der Waals surface area contributed by atoms with E-state index < -0.39 is 17.9 Å². The number of halogens is 1. The fourth-order valence-corrected chi connectivity index (χ4v) is 1.72. The van der Waals surface area contributed by atoms with Crippen LogP contribution in [0.1, 0.15) is 24.2 Å². The molecule has 1 aromatic rings. The van der Waals surface area contributed by atoms with Crippen LogP contribution in [0.5, 0.6) is 0 Å². The highest BCUT2D eigenvalue weighted by Gasteiger charge is 2.18. The zero-order chi connectivity index (χ0) is 13.7. The third-order valence-corrected chi connectivity index (χ3v) is 2.74. The Hall–Kier alpha value is -1.56. The Morgan fingerprint density at radius 2 is 2.17 bits per heavy atom. The average Bonchev–Trinajstić information content (AvgIpc) is 2.28. The number of nitrogen functional groups attached to an aromatic ring is 1. The number of anilines is 1. The Kier molecular flexibility index (Phi) is 5.15. The van der Waals surface area contributed by atoms with E-state index in [1.165, 1.54) is 0 Å². The second kappa shape index (κ2) is 6.39. The van der Waals surface area contributed by atoms with Crippen molar-refractivity contribution in [2.24, 2.45) is 0 Å². The summed E-state index contributed by atoms with van der Waals surface area (Å²) in [7, 11) is 0. The number of nitrogens with two attached hydrogens (primary N) is 1. The molecule has 0 bridgehead atoms. The van der Waals surface area contributed by atoms with Crippen LogP contribution >= 0.6 is 15.9 Å². The van der Waals surface area contributed by atoms with Crippen molar-refractivity contribution in [3.05, 3.63) is 28.2 Å². The van der Waals surface area contributed by atoms with E-state index in [-0.39, 0.29) is 6.61 Å². The lowest BCUT2D eigenvalue weighted by molar-refractivity contribution is -0.144. The van der Waals surface area contributed by atoms with Crippen LogP contribution in [0.3, 0.4) is 0 Å². The normalized spacial score (nSPS) is 11.7. The summed E-state index contributed by atoms with van der Waals surface area (Å²) in [6, 6.07) is 4.22. The molecular formula is C12H15BrN2O3. The van der Waals surface area contributed by atoms with Crippen LogP contribution < -0.4 is 11.1 Å². The van der Waals surface area contributed by atoms with Crippen LogP contribution in [0.4, 0.5) is 5.69 Å². The molecule has 98 valence electrons. The van der Waals surface area contributed by atoms with Crippen molar-refractivity contribution in [1.82, 2.24) is 5.32 Å². The molecule has 0 aliphatic heterocycles. The minimum Gasteiger partial charge on any atom is -0.464 e. The van der Waals surface area contributed by atoms with E-state index in [0.717, 1.165) is 4.47 Å². The number of benzene rings is 1. The summed E-state index contributed by atoms with van der Waals surface area (Å²) in [6.45, 7) is 3.55. The van der Waals surface area contributed by atoms with Gasteiger partial charge in [0.15, 0.2) is 0 Å². The quantitative estimate of drug-likeness (QED) is 0.655. The van der Waals surface area contributed by atoms with E-state index >= 15 is 0 Å². The summed E-state index contributed by atoms with van der Waals surface area (Å²) in [4.78, 5) is 23.3. The van der Waals surface area contributed by atoms with Gasteiger partial charge in [-0.05, 0) is 32.0 Å². The molecule has 0 aromatic heterocycles. The molecule has 1 atom stereocenters. The minimum absolute atomic E-state index is 0.277. The van der Waals surface area contributed by atoms with Crippen molar-refractivity contribution in [2.45, 2.75) is 19.9 Å². The largest absolute Gasteiger partial charge is 0.464 e. The standard InChI is InChI=1S/C12H15BrN2O3/c1-3-18-12(17)7(2)15-11(16)9-5-4-8(13)6-10(9)14/h4-7H,3,14H2,1-2H3,(H,15,16). The van der Waals surface area contributed by atoms with Gasteiger partial charge < -0.3 is 15.8 Å². The van der Waals surface area contributed by atoms with Gasteiger partial charge in [0, 0.05) is 10.2 Å². The van der Waals surface area contributed by atoms with Gasteiger partial charge in [-0.15, -0.1) is 0 Å². The van der Waals surface area contributed by atoms with Crippen LogP contribution in [0.25, 0.3) is 0 Å². The van der Waals surface area contributed by atoms with Gasteiger partial charge in [0.05, 0.1) is 12.2 Å². The molecule has 0 fully saturated rings. The Morgan fingerprint density at radius 3 is 2.72 bits per heavy atom. The molecule has 3 N–H and O–H groups in total. The number of rotatable bonds is 4. The van der Waals surface area contributed by atoms with Crippen molar-refractivity contribution >= 4 is 33.5 Å². The number of hydrogen-bond acceptors (Lipinski definition) is 4. The first-order chi connectivity index (χ1) is 8.45. The zero-order valence-corrected chi connectivity index (χ0v) is 11.8. The Labute approximate surface area is 114 Å². The monoisotopic (exact) mass is 314 g/mol. The van der Waals surface area contributed by atoms with E-state index in [1.54, 1.807) is 32.0 Å². The number of carbonyl (C=O) groups is 2. The Balaban J connectivity index is 2.73. The van der Waals surface area contributed by atoms with Crippen molar-refractivity contribution in [2.75, 3.05) is 12.3 Å². The van der Waals surface area contributed by atoms with E-state index in [4.69, 9.17) is 10.5 Å². The highest BCUT2D eigenvalue weighted by atomic mass is 79.9. The van der Waals surface area contributed by atoms with Crippen molar-refractivity contribution in [3.8, 4) is 0 Å². The first-order valence-electron chi connectivity index (χ1n) is 5.48.